The molecule has 2 heterocycles. The minimum absolute atomic E-state index is 0.198. The molecule has 0 radical (unpaired) electrons. The molecular weight excluding hydrogens is 347 g/mol. The highest BCUT2D eigenvalue weighted by Crippen LogP contribution is 2.24. The summed E-state index contributed by atoms with van der Waals surface area (Å²) in [6, 6.07) is 7.98. The van der Waals surface area contributed by atoms with Crippen LogP contribution < -0.4 is 10.1 Å². The molecule has 7 heteroatoms. The maximum absolute atomic E-state index is 13.5. The minimum atomic E-state index is -0.403. The molecule has 0 saturated carbocycles. The van der Waals surface area contributed by atoms with Crippen LogP contribution >= 0.6 is 22.7 Å². The van der Waals surface area contributed by atoms with E-state index in [4.69, 9.17) is 4.74 Å². The van der Waals surface area contributed by atoms with Gasteiger partial charge in [0.2, 0.25) is 0 Å². The van der Waals surface area contributed by atoms with Crippen molar-refractivity contribution in [2.75, 3.05) is 5.32 Å². The van der Waals surface area contributed by atoms with Crippen molar-refractivity contribution in [2.45, 2.75) is 20.5 Å². The number of carbonyl (C=O) groups excluding carboxylic acids is 1. The molecule has 0 aliphatic carbocycles. The van der Waals surface area contributed by atoms with Crippen LogP contribution in [0.25, 0.3) is 0 Å². The lowest BCUT2D eigenvalue weighted by atomic mass is 10.3. The molecule has 24 heavy (non-hydrogen) atoms. The fourth-order valence-corrected chi connectivity index (χ4v) is 3.58. The molecule has 0 saturated heterocycles. The topological polar surface area (TPSA) is 51.2 Å². The first-order chi connectivity index (χ1) is 11.5. The molecule has 4 nitrogen and oxygen atoms in total. The summed E-state index contributed by atoms with van der Waals surface area (Å²) in [4.78, 5) is 18.2. The van der Waals surface area contributed by atoms with Gasteiger partial charge in [-0.3, -0.25) is 10.1 Å². The Kier molecular flexibility index (Phi) is 4.92. The summed E-state index contributed by atoms with van der Waals surface area (Å²) >= 11 is 2.77. The van der Waals surface area contributed by atoms with Gasteiger partial charge in [0, 0.05) is 10.4 Å². The van der Waals surface area contributed by atoms with Crippen molar-refractivity contribution in [3.63, 3.8) is 0 Å². The highest BCUT2D eigenvalue weighted by atomic mass is 32.1. The van der Waals surface area contributed by atoms with E-state index in [1.54, 1.807) is 24.3 Å². The number of aromatic nitrogens is 1. The van der Waals surface area contributed by atoms with Crippen LogP contribution in [0.5, 0.6) is 5.75 Å². The van der Waals surface area contributed by atoms with Crippen LogP contribution in [-0.4, -0.2) is 10.9 Å². The molecular formula is C17H15FN2O2S2. The lowest BCUT2D eigenvalue weighted by Crippen LogP contribution is -2.09. The van der Waals surface area contributed by atoms with Gasteiger partial charge in [0.15, 0.2) is 16.7 Å². The second kappa shape index (κ2) is 7.11. The lowest BCUT2D eigenvalue weighted by Gasteiger charge is -2.05. The fourth-order valence-electron chi connectivity index (χ4n) is 1.98. The van der Waals surface area contributed by atoms with Crippen molar-refractivity contribution in [1.82, 2.24) is 4.98 Å². The molecule has 0 fully saturated rings. The molecule has 0 spiro atoms. The Balaban J connectivity index is 1.62. The number of benzene rings is 1. The van der Waals surface area contributed by atoms with Gasteiger partial charge in [-0.25, -0.2) is 9.37 Å². The van der Waals surface area contributed by atoms with Crippen molar-refractivity contribution in [1.29, 1.82) is 0 Å². The summed E-state index contributed by atoms with van der Waals surface area (Å²) in [5, 5.41) is 5.21. The summed E-state index contributed by atoms with van der Waals surface area (Å²) in [7, 11) is 0. The van der Waals surface area contributed by atoms with Crippen LogP contribution in [0.2, 0.25) is 0 Å². The number of hydrogen-bond acceptors (Lipinski definition) is 5. The molecule has 1 aromatic carbocycles. The smallest absolute Gasteiger partial charge is 0.267 e. The number of thiazole rings is 1. The summed E-state index contributed by atoms with van der Waals surface area (Å²) in [5.74, 6) is -0.408. The van der Waals surface area contributed by atoms with E-state index in [0.29, 0.717) is 10.0 Å². The van der Waals surface area contributed by atoms with Gasteiger partial charge in [-0.2, -0.15) is 0 Å². The SMILES string of the molecule is Cc1nc(NC(=O)c2cc(COc3ccccc3F)cs2)sc1C. The Morgan fingerprint density at radius 2 is 2.12 bits per heavy atom. The first-order valence-electron chi connectivity index (χ1n) is 7.23. The van der Waals surface area contributed by atoms with Gasteiger partial charge in [0.1, 0.15) is 6.61 Å². The second-order valence-corrected chi connectivity index (χ2v) is 7.27. The number of amides is 1. The summed E-state index contributed by atoms with van der Waals surface area (Å²) in [6.45, 7) is 4.08. The summed E-state index contributed by atoms with van der Waals surface area (Å²) in [5.41, 5.74) is 1.74. The zero-order valence-corrected chi connectivity index (χ0v) is 14.8. The normalized spacial score (nSPS) is 10.6. The third-order valence-corrected chi connectivity index (χ3v) is 5.32. The molecule has 124 valence electrons. The van der Waals surface area contributed by atoms with Gasteiger partial charge in [-0.15, -0.1) is 22.7 Å². The fraction of sp³-hybridized carbons (Fsp3) is 0.176. The lowest BCUT2D eigenvalue weighted by molar-refractivity contribution is 0.103. The number of halogens is 1. The van der Waals surface area contributed by atoms with E-state index in [1.807, 2.05) is 19.2 Å². The molecule has 0 aliphatic rings. The monoisotopic (exact) mass is 362 g/mol. The average Bonchev–Trinajstić information content (AvgIpc) is 3.14. The molecule has 2 aromatic heterocycles. The van der Waals surface area contributed by atoms with Crippen LogP contribution in [0.1, 0.15) is 25.8 Å². The highest BCUT2D eigenvalue weighted by Gasteiger charge is 2.13. The van der Waals surface area contributed by atoms with E-state index in [0.717, 1.165) is 16.1 Å². The highest BCUT2D eigenvalue weighted by molar-refractivity contribution is 7.16. The number of anilines is 1. The van der Waals surface area contributed by atoms with E-state index in [2.05, 4.69) is 10.3 Å². The predicted octanol–water partition coefficient (Wildman–Crippen LogP) is 4.79. The Morgan fingerprint density at radius 1 is 1.33 bits per heavy atom. The molecule has 0 aliphatic heterocycles. The second-order valence-electron chi connectivity index (χ2n) is 5.15. The number of ether oxygens (including phenoxy) is 1. The number of nitrogens with zero attached hydrogens (tertiary/aromatic N) is 1. The van der Waals surface area contributed by atoms with E-state index in [1.165, 1.54) is 28.7 Å². The van der Waals surface area contributed by atoms with Gasteiger partial charge < -0.3 is 4.74 Å². The largest absolute Gasteiger partial charge is 0.486 e. The van der Waals surface area contributed by atoms with Crippen molar-refractivity contribution < 1.29 is 13.9 Å². The summed E-state index contributed by atoms with van der Waals surface area (Å²) < 4.78 is 19.0. The van der Waals surface area contributed by atoms with Crippen molar-refractivity contribution in [3.8, 4) is 5.75 Å². The minimum Gasteiger partial charge on any atom is -0.486 e. The maximum Gasteiger partial charge on any atom is 0.267 e. The van der Waals surface area contributed by atoms with Crippen molar-refractivity contribution in [2.24, 2.45) is 0 Å². The first-order valence-corrected chi connectivity index (χ1v) is 8.92. The van der Waals surface area contributed by atoms with E-state index < -0.39 is 5.82 Å². The van der Waals surface area contributed by atoms with Crippen LogP contribution in [0, 0.1) is 19.7 Å². The van der Waals surface area contributed by atoms with Crippen LogP contribution in [0.15, 0.2) is 35.7 Å². The predicted molar refractivity (Wildman–Crippen MR) is 94.6 cm³/mol. The number of carbonyl (C=O) groups is 1. The number of nitrogens with one attached hydrogen (secondary N) is 1. The Bertz CT molecular complexity index is 854. The number of aryl methyl sites for hydroxylation is 2. The molecule has 1 amide bonds. The maximum atomic E-state index is 13.5. The zero-order valence-electron chi connectivity index (χ0n) is 13.1. The standard InChI is InChI=1S/C17H15FN2O2S2/c1-10-11(2)24-17(19-10)20-16(21)15-7-12(9-23-15)8-22-14-6-4-3-5-13(14)18/h3-7,9H,8H2,1-2H3,(H,19,20,21). The number of hydrogen-bond donors (Lipinski definition) is 1. The molecule has 3 rings (SSSR count). The van der Waals surface area contributed by atoms with Crippen LogP contribution in [-0.2, 0) is 6.61 Å². The van der Waals surface area contributed by atoms with Gasteiger partial charge in [0.25, 0.3) is 5.91 Å². The van der Waals surface area contributed by atoms with Crippen molar-refractivity contribution in [3.05, 3.63) is 62.5 Å². The van der Waals surface area contributed by atoms with Crippen LogP contribution in [0.4, 0.5) is 9.52 Å². The zero-order chi connectivity index (χ0) is 17.1. The number of thiophene rings is 1. The van der Waals surface area contributed by atoms with E-state index in [9.17, 15) is 9.18 Å². The molecule has 0 atom stereocenters. The molecule has 3 aromatic rings. The van der Waals surface area contributed by atoms with E-state index >= 15 is 0 Å². The van der Waals surface area contributed by atoms with Gasteiger partial charge in [0.05, 0.1) is 10.6 Å². The quantitative estimate of drug-likeness (QED) is 0.710. The number of rotatable bonds is 5. The molecule has 1 N–H and O–H groups in total. The van der Waals surface area contributed by atoms with Gasteiger partial charge >= 0.3 is 0 Å². The van der Waals surface area contributed by atoms with Gasteiger partial charge in [-0.1, -0.05) is 12.1 Å². The Morgan fingerprint density at radius 3 is 2.83 bits per heavy atom. The third-order valence-electron chi connectivity index (χ3n) is 3.36. The van der Waals surface area contributed by atoms with Gasteiger partial charge in [-0.05, 0) is 37.4 Å². The summed E-state index contributed by atoms with van der Waals surface area (Å²) in [6.07, 6.45) is 0. The first kappa shape index (κ1) is 16.6. The molecule has 0 bridgehead atoms. The Labute approximate surface area is 146 Å². The average molecular weight is 362 g/mol. The molecule has 0 unspecified atom stereocenters. The van der Waals surface area contributed by atoms with Crippen LogP contribution in [0.3, 0.4) is 0 Å². The third kappa shape index (κ3) is 3.80. The van der Waals surface area contributed by atoms with E-state index in [-0.39, 0.29) is 18.3 Å². The van der Waals surface area contributed by atoms with Crippen molar-refractivity contribution >= 4 is 33.7 Å². The number of para-hydroxylation sites is 1. The Hall–Kier alpha value is -2.25.